The summed E-state index contributed by atoms with van der Waals surface area (Å²) in [6, 6.07) is 4.64. The van der Waals surface area contributed by atoms with E-state index in [0.717, 1.165) is 13.0 Å². The number of nitrogens with zero attached hydrogens (tertiary/aromatic N) is 3. The normalized spacial score (nSPS) is 16.9. The molecular weight excluding hydrogens is 592 g/mol. The van der Waals surface area contributed by atoms with Crippen molar-refractivity contribution in [3.05, 3.63) is 71.8 Å². The Morgan fingerprint density at radius 1 is 1.12 bits per heavy atom. The Balaban J connectivity index is 1.83. The van der Waals surface area contributed by atoms with Crippen LogP contribution >= 0.6 is 23.2 Å². The van der Waals surface area contributed by atoms with Crippen LogP contribution in [0.3, 0.4) is 0 Å². The molecule has 8 nitrogen and oxygen atoms in total. The average Bonchev–Trinajstić information content (AvgIpc) is 3.29. The van der Waals surface area contributed by atoms with Crippen molar-refractivity contribution in [2.24, 2.45) is 5.92 Å². The summed E-state index contributed by atoms with van der Waals surface area (Å²) in [4.78, 5) is 32.7. The minimum Gasteiger partial charge on any atom is -0.309 e. The van der Waals surface area contributed by atoms with Crippen LogP contribution in [0.4, 0.5) is 13.2 Å². The predicted octanol–water partition coefficient (Wildman–Crippen LogP) is 4.24. The van der Waals surface area contributed by atoms with Crippen LogP contribution in [0.1, 0.15) is 30.0 Å². The van der Waals surface area contributed by atoms with Gasteiger partial charge >= 0.3 is 11.9 Å². The molecule has 0 radical (unpaired) electrons. The molecule has 2 heterocycles. The number of benzene rings is 2. The molecule has 14 heteroatoms. The van der Waals surface area contributed by atoms with Crippen LogP contribution in [0.25, 0.3) is 10.9 Å². The number of nitrogens with one attached hydrogen (secondary N) is 1. The molecule has 1 aromatic heterocycles. The first-order chi connectivity index (χ1) is 18.6. The fourth-order valence-corrected chi connectivity index (χ4v) is 6.81. The van der Waals surface area contributed by atoms with Crippen molar-refractivity contribution in [1.82, 2.24) is 19.4 Å². The van der Waals surface area contributed by atoms with Crippen LogP contribution in [0.15, 0.2) is 38.8 Å². The van der Waals surface area contributed by atoms with E-state index in [1.54, 1.807) is 0 Å². The van der Waals surface area contributed by atoms with Crippen molar-refractivity contribution in [3.8, 4) is 0 Å². The largest absolute Gasteiger partial charge is 0.416 e. The average molecular weight is 622 g/mol. The van der Waals surface area contributed by atoms with Crippen LogP contribution in [-0.4, -0.2) is 67.3 Å². The Hall–Kier alpha value is -2.38. The summed E-state index contributed by atoms with van der Waals surface area (Å²) in [5.74, 6) is 0.0497. The lowest BCUT2D eigenvalue weighted by Gasteiger charge is -2.22. The summed E-state index contributed by atoms with van der Waals surface area (Å²) in [6.07, 6.45) is -4.00. The van der Waals surface area contributed by atoms with Gasteiger partial charge in [-0.05, 0) is 68.4 Å². The van der Waals surface area contributed by atoms with Crippen LogP contribution in [0.2, 0.25) is 10.0 Å². The van der Waals surface area contributed by atoms with E-state index in [4.69, 9.17) is 23.2 Å². The first-order valence-electron chi connectivity index (χ1n) is 12.6. The topological polar surface area (TPSA) is 95.5 Å². The highest BCUT2D eigenvalue weighted by Crippen LogP contribution is 2.39. The van der Waals surface area contributed by atoms with Crippen molar-refractivity contribution >= 4 is 43.9 Å². The Bertz CT molecular complexity index is 1670. The maximum atomic E-state index is 14.3. The summed E-state index contributed by atoms with van der Waals surface area (Å²) >= 11 is 12.5. The van der Waals surface area contributed by atoms with Crippen molar-refractivity contribution in [2.75, 3.05) is 39.5 Å². The molecule has 1 saturated heterocycles. The van der Waals surface area contributed by atoms with Gasteiger partial charge in [-0.15, -0.1) is 0 Å². The molecule has 0 saturated carbocycles. The maximum Gasteiger partial charge on any atom is 0.416 e. The molecular formula is C26H29Cl2F3N4O4S. The third-order valence-electron chi connectivity index (χ3n) is 7.07. The number of fused-ring (bicyclic) bond motifs is 1. The molecule has 0 amide bonds. The van der Waals surface area contributed by atoms with Gasteiger partial charge in [-0.2, -0.15) is 13.2 Å². The second-order valence-corrected chi connectivity index (χ2v) is 13.3. The minimum absolute atomic E-state index is 0.0568. The summed E-state index contributed by atoms with van der Waals surface area (Å²) in [5, 5.41) is -0.620. The number of rotatable bonds is 8. The summed E-state index contributed by atoms with van der Waals surface area (Å²) in [7, 11) is 0.110. The highest BCUT2D eigenvalue weighted by Gasteiger charge is 2.37. The van der Waals surface area contributed by atoms with E-state index in [1.165, 1.54) is 25.1 Å². The van der Waals surface area contributed by atoms with E-state index in [9.17, 15) is 31.2 Å². The summed E-state index contributed by atoms with van der Waals surface area (Å²) in [5.41, 5.74) is -3.41. The van der Waals surface area contributed by atoms with E-state index < -0.39 is 44.8 Å². The molecule has 1 aliphatic rings. The molecule has 0 aliphatic carbocycles. The second-order valence-electron chi connectivity index (χ2n) is 10.3. The zero-order chi connectivity index (χ0) is 29.6. The Kier molecular flexibility index (Phi) is 8.77. The molecule has 3 aromatic rings. The third kappa shape index (κ3) is 6.25. The van der Waals surface area contributed by atoms with Crippen LogP contribution < -0.4 is 11.2 Å². The van der Waals surface area contributed by atoms with Gasteiger partial charge in [0.05, 0.1) is 38.7 Å². The van der Waals surface area contributed by atoms with Crippen molar-refractivity contribution in [3.63, 3.8) is 0 Å². The van der Waals surface area contributed by atoms with Crippen LogP contribution in [0, 0.1) is 5.92 Å². The highest BCUT2D eigenvalue weighted by atomic mass is 35.5. The maximum absolute atomic E-state index is 14.3. The first-order valence-corrected chi connectivity index (χ1v) is 15.0. The molecule has 40 heavy (non-hydrogen) atoms. The minimum atomic E-state index is -4.82. The summed E-state index contributed by atoms with van der Waals surface area (Å²) in [6.45, 7) is 2.79. The monoisotopic (exact) mass is 620 g/mol. The number of H-pyrrole nitrogens is 1. The number of likely N-dealkylation sites (tertiary alicyclic amines) is 1. The van der Waals surface area contributed by atoms with Gasteiger partial charge in [-0.1, -0.05) is 30.1 Å². The van der Waals surface area contributed by atoms with Crippen molar-refractivity contribution in [2.45, 2.75) is 37.5 Å². The fourth-order valence-electron chi connectivity index (χ4n) is 5.19. The standard InChI is InChI=1S/C26H29Cl2F3N4O4S/c1-4-40(38,39)21-6-5-17(27)9-16(21)13-35-24(36)18-10-20(26(29,30)31)19(22(28)23(18)32-25(35)37)14-34-8-7-15(12-34)11-33(2)3/h5-6,9-10,15H,4,7-8,11-14H2,1-3H3,(H,32,37)/t15-/m0/s1. The van der Waals surface area contributed by atoms with Gasteiger partial charge in [-0.3, -0.25) is 14.3 Å². The van der Waals surface area contributed by atoms with E-state index in [2.05, 4.69) is 4.98 Å². The highest BCUT2D eigenvalue weighted by molar-refractivity contribution is 7.91. The van der Waals surface area contributed by atoms with E-state index in [1.807, 2.05) is 23.9 Å². The van der Waals surface area contributed by atoms with Crippen LogP contribution in [0.5, 0.6) is 0 Å². The van der Waals surface area contributed by atoms with Gasteiger partial charge in [0.2, 0.25) is 0 Å². The number of alkyl halides is 3. The van der Waals surface area contributed by atoms with Gasteiger partial charge < -0.3 is 9.88 Å². The second kappa shape index (κ2) is 11.5. The quantitative estimate of drug-likeness (QED) is 0.405. The van der Waals surface area contributed by atoms with Gasteiger partial charge in [0.25, 0.3) is 5.56 Å². The third-order valence-corrected chi connectivity index (χ3v) is 9.55. The van der Waals surface area contributed by atoms with Gasteiger partial charge in [-0.25, -0.2) is 13.2 Å². The Morgan fingerprint density at radius 3 is 2.45 bits per heavy atom. The molecule has 218 valence electrons. The first kappa shape index (κ1) is 30.6. The number of hydrogen-bond donors (Lipinski definition) is 1. The van der Waals surface area contributed by atoms with Gasteiger partial charge in [0.1, 0.15) is 0 Å². The van der Waals surface area contributed by atoms with E-state index in [-0.39, 0.29) is 43.9 Å². The number of hydrogen-bond acceptors (Lipinski definition) is 6. The molecule has 2 aromatic carbocycles. The zero-order valence-electron chi connectivity index (χ0n) is 22.1. The molecule has 0 unspecified atom stereocenters. The van der Waals surface area contributed by atoms with Gasteiger partial charge in [0, 0.05) is 24.7 Å². The lowest BCUT2D eigenvalue weighted by atomic mass is 10.0. The zero-order valence-corrected chi connectivity index (χ0v) is 24.4. The molecule has 0 bridgehead atoms. The van der Waals surface area contributed by atoms with Gasteiger partial charge in [0.15, 0.2) is 9.84 Å². The molecule has 1 aliphatic heterocycles. The Labute approximate surface area is 239 Å². The van der Waals surface area contributed by atoms with E-state index in [0.29, 0.717) is 29.6 Å². The Morgan fingerprint density at radius 2 is 1.82 bits per heavy atom. The van der Waals surface area contributed by atoms with E-state index >= 15 is 0 Å². The molecule has 0 spiro atoms. The molecule has 1 N–H and O–H groups in total. The summed E-state index contributed by atoms with van der Waals surface area (Å²) < 4.78 is 68.6. The van der Waals surface area contributed by atoms with Crippen molar-refractivity contribution in [1.29, 1.82) is 0 Å². The predicted molar refractivity (Wildman–Crippen MR) is 149 cm³/mol. The smallest absolute Gasteiger partial charge is 0.309 e. The number of halogens is 5. The molecule has 4 rings (SSSR count). The SMILES string of the molecule is CCS(=O)(=O)c1ccc(Cl)cc1Cn1c(=O)[nH]c2c(Cl)c(CN3CC[C@@H](CN(C)C)C3)c(C(F)(F)F)cc2c1=O. The molecule has 1 fully saturated rings. The number of sulfone groups is 1. The van der Waals surface area contributed by atoms with Crippen molar-refractivity contribution < 1.29 is 21.6 Å². The fraction of sp³-hybridized carbons (Fsp3) is 0.462. The van der Waals surface area contributed by atoms with Crippen LogP contribution in [-0.2, 0) is 29.1 Å². The molecule has 1 atom stereocenters. The lowest BCUT2D eigenvalue weighted by molar-refractivity contribution is -0.138. The number of aromatic amines is 1. The number of aromatic nitrogens is 2. The lowest BCUT2D eigenvalue weighted by Crippen LogP contribution is -2.36.